The van der Waals surface area contributed by atoms with Crippen LogP contribution in [0.1, 0.15) is 19.3 Å². The fraction of sp³-hybridized carbons (Fsp3) is 0.875. The molecule has 1 saturated carbocycles. The van der Waals surface area contributed by atoms with E-state index in [0.717, 1.165) is 25.9 Å². The number of amides is 1. The predicted octanol–water partition coefficient (Wildman–Crippen LogP) is 0.967. The molecule has 0 aromatic carbocycles. The van der Waals surface area contributed by atoms with Gasteiger partial charge in [0.05, 0.1) is 5.92 Å². The van der Waals surface area contributed by atoms with E-state index in [1.807, 2.05) is 0 Å². The Morgan fingerprint density at radius 3 is 2.36 bits per heavy atom. The van der Waals surface area contributed by atoms with Crippen molar-refractivity contribution >= 4 is 5.91 Å². The van der Waals surface area contributed by atoms with Crippen LogP contribution in [0.3, 0.4) is 0 Å². The van der Waals surface area contributed by atoms with Crippen molar-refractivity contribution in [1.82, 2.24) is 4.90 Å². The molecule has 2 rings (SSSR count). The highest BCUT2D eigenvalue weighted by atomic mass is 19.1. The van der Waals surface area contributed by atoms with Crippen LogP contribution in [0.2, 0.25) is 0 Å². The van der Waals surface area contributed by atoms with Crippen LogP contribution < -0.4 is 0 Å². The highest BCUT2D eigenvalue weighted by Crippen LogP contribution is 2.36. The number of carbonyl (C=O) groups excluding carboxylic acids is 1. The van der Waals surface area contributed by atoms with Crippen LogP contribution in [-0.4, -0.2) is 30.1 Å². The summed E-state index contributed by atoms with van der Waals surface area (Å²) in [5.74, 6) is -0.219. The molecule has 62 valence electrons. The van der Waals surface area contributed by atoms with Crippen molar-refractivity contribution in [1.29, 1.82) is 0 Å². The van der Waals surface area contributed by atoms with E-state index < -0.39 is 6.17 Å². The van der Waals surface area contributed by atoms with Crippen LogP contribution in [0.15, 0.2) is 0 Å². The van der Waals surface area contributed by atoms with E-state index >= 15 is 0 Å². The number of hydrogen-bond acceptors (Lipinski definition) is 1. The summed E-state index contributed by atoms with van der Waals surface area (Å²) in [6, 6.07) is 0. The topological polar surface area (TPSA) is 20.3 Å². The van der Waals surface area contributed by atoms with E-state index in [1.165, 1.54) is 0 Å². The monoisotopic (exact) mass is 157 g/mol. The first-order chi connectivity index (χ1) is 5.29. The minimum absolute atomic E-state index is 0.0509. The summed E-state index contributed by atoms with van der Waals surface area (Å²) >= 11 is 0. The fourth-order valence-corrected chi connectivity index (χ4v) is 1.59. The highest BCUT2D eigenvalue weighted by Gasteiger charge is 2.45. The SMILES string of the molecule is O=C(C1CC1F)N1CCCC1. The Balaban J connectivity index is 1.89. The maximum Gasteiger partial charge on any atom is 0.228 e. The number of carbonyl (C=O) groups is 1. The van der Waals surface area contributed by atoms with Crippen LogP contribution in [0.4, 0.5) is 4.39 Å². The summed E-state index contributed by atoms with van der Waals surface area (Å²) in [6.45, 7) is 1.70. The Morgan fingerprint density at radius 1 is 1.36 bits per heavy atom. The molecular formula is C8H12FNO. The van der Waals surface area contributed by atoms with Gasteiger partial charge in [0.25, 0.3) is 0 Å². The average Bonchev–Trinajstić information content (AvgIpc) is 2.56. The molecule has 2 aliphatic rings. The van der Waals surface area contributed by atoms with E-state index in [2.05, 4.69) is 0 Å². The van der Waals surface area contributed by atoms with Gasteiger partial charge in [-0.25, -0.2) is 4.39 Å². The summed E-state index contributed by atoms with van der Waals surface area (Å²) in [5.41, 5.74) is 0. The van der Waals surface area contributed by atoms with Gasteiger partial charge in [0, 0.05) is 13.1 Å². The van der Waals surface area contributed by atoms with Crippen molar-refractivity contribution in [3.05, 3.63) is 0 Å². The Labute approximate surface area is 65.4 Å². The molecule has 1 heterocycles. The maximum absolute atomic E-state index is 12.4. The molecule has 11 heavy (non-hydrogen) atoms. The summed E-state index contributed by atoms with van der Waals surface area (Å²) < 4.78 is 12.4. The van der Waals surface area contributed by atoms with Crippen LogP contribution in [0.5, 0.6) is 0 Å². The van der Waals surface area contributed by atoms with Gasteiger partial charge < -0.3 is 4.90 Å². The predicted molar refractivity (Wildman–Crippen MR) is 38.8 cm³/mol. The average molecular weight is 157 g/mol. The number of likely N-dealkylation sites (tertiary alicyclic amines) is 1. The van der Waals surface area contributed by atoms with Gasteiger partial charge in [-0.1, -0.05) is 0 Å². The van der Waals surface area contributed by atoms with Gasteiger partial charge in [0.1, 0.15) is 6.17 Å². The van der Waals surface area contributed by atoms with E-state index in [9.17, 15) is 9.18 Å². The lowest BCUT2D eigenvalue weighted by molar-refractivity contribution is -0.131. The molecule has 1 saturated heterocycles. The van der Waals surface area contributed by atoms with E-state index in [-0.39, 0.29) is 11.8 Å². The first-order valence-corrected chi connectivity index (χ1v) is 4.22. The molecule has 2 nitrogen and oxygen atoms in total. The highest BCUT2D eigenvalue weighted by molar-refractivity contribution is 5.82. The van der Waals surface area contributed by atoms with Gasteiger partial charge in [0.2, 0.25) is 5.91 Å². The Morgan fingerprint density at radius 2 is 1.91 bits per heavy atom. The molecular weight excluding hydrogens is 145 g/mol. The molecule has 2 atom stereocenters. The Hall–Kier alpha value is -0.600. The third-order valence-electron chi connectivity index (χ3n) is 2.45. The molecule has 2 fully saturated rings. The molecule has 0 aromatic rings. The zero-order valence-corrected chi connectivity index (χ0v) is 6.42. The number of alkyl halides is 1. The van der Waals surface area contributed by atoms with E-state index in [4.69, 9.17) is 0 Å². The standard InChI is InChI=1S/C8H12FNO/c9-7-5-6(7)8(11)10-3-1-2-4-10/h6-7H,1-5H2. The fourth-order valence-electron chi connectivity index (χ4n) is 1.59. The summed E-state index contributed by atoms with van der Waals surface area (Å²) in [5, 5.41) is 0. The van der Waals surface area contributed by atoms with Gasteiger partial charge >= 0.3 is 0 Å². The van der Waals surface area contributed by atoms with Crippen molar-refractivity contribution in [2.24, 2.45) is 5.92 Å². The zero-order chi connectivity index (χ0) is 7.84. The minimum atomic E-state index is -0.830. The van der Waals surface area contributed by atoms with Gasteiger partial charge in [-0.3, -0.25) is 4.79 Å². The van der Waals surface area contributed by atoms with Crippen molar-refractivity contribution in [2.45, 2.75) is 25.4 Å². The Kier molecular flexibility index (Phi) is 1.59. The molecule has 1 amide bonds. The normalized spacial score (nSPS) is 35.9. The number of halogens is 1. The lowest BCUT2D eigenvalue weighted by atomic mass is 10.3. The summed E-state index contributed by atoms with van der Waals surface area (Å²) in [4.78, 5) is 13.1. The maximum atomic E-state index is 12.4. The van der Waals surface area contributed by atoms with Gasteiger partial charge in [0.15, 0.2) is 0 Å². The zero-order valence-electron chi connectivity index (χ0n) is 6.42. The number of nitrogens with zero attached hydrogens (tertiary/aromatic N) is 1. The number of hydrogen-bond donors (Lipinski definition) is 0. The first kappa shape index (κ1) is 7.07. The van der Waals surface area contributed by atoms with Crippen LogP contribution in [0, 0.1) is 5.92 Å². The van der Waals surface area contributed by atoms with Crippen LogP contribution in [-0.2, 0) is 4.79 Å². The van der Waals surface area contributed by atoms with Crippen LogP contribution in [0.25, 0.3) is 0 Å². The molecule has 1 aliphatic carbocycles. The lowest BCUT2D eigenvalue weighted by Crippen LogP contribution is -2.29. The van der Waals surface area contributed by atoms with Crippen molar-refractivity contribution in [3.8, 4) is 0 Å². The van der Waals surface area contributed by atoms with Gasteiger partial charge in [-0.2, -0.15) is 0 Å². The molecule has 3 heteroatoms. The second-order valence-corrected chi connectivity index (χ2v) is 3.39. The molecule has 0 bridgehead atoms. The van der Waals surface area contributed by atoms with E-state index in [0.29, 0.717) is 6.42 Å². The minimum Gasteiger partial charge on any atom is -0.342 e. The summed E-state index contributed by atoms with van der Waals surface area (Å²) in [6.07, 6.45) is 1.82. The van der Waals surface area contributed by atoms with Crippen molar-refractivity contribution in [3.63, 3.8) is 0 Å². The van der Waals surface area contributed by atoms with Crippen molar-refractivity contribution in [2.75, 3.05) is 13.1 Å². The van der Waals surface area contributed by atoms with E-state index in [1.54, 1.807) is 4.90 Å². The summed E-state index contributed by atoms with van der Waals surface area (Å²) in [7, 11) is 0. The quantitative estimate of drug-likeness (QED) is 0.555. The molecule has 0 spiro atoms. The van der Waals surface area contributed by atoms with Gasteiger partial charge in [-0.05, 0) is 19.3 Å². The smallest absolute Gasteiger partial charge is 0.228 e. The second kappa shape index (κ2) is 2.47. The van der Waals surface area contributed by atoms with Crippen LogP contribution >= 0.6 is 0 Å². The van der Waals surface area contributed by atoms with Crippen molar-refractivity contribution < 1.29 is 9.18 Å². The second-order valence-electron chi connectivity index (χ2n) is 3.39. The molecule has 0 aromatic heterocycles. The lowest BCUT2D eigenvalue weighted by Gasteiger charge is -2.13. The largest absolute Gasteiger partial charge is 0.342 e. The van der Waals surface area contributed by atoms with Gasteiger partial charge in [-0.15, -0.1) is 0 Å². The first-order valence-electron chi connectivity index (χ1n) is 4.22. The molecule has 0 radical (unpaired) electrons. The Bertz CT molecular complexity index is 177. The number of rotatable bonds is 1. The third-order valence-corrected chi connectivity index (χ3v) is 2.45. The molecule has 1 aliphatic heterocycles. The third kappa shape index (κ3) is 1.24. The molecule has 0 N–H and O–H groups in total. The molecule has 2 unspecified atom stereocenters.